The van der Waals surface area contributed by atoms with Gasteiger partial charge in [0.15, 0.2) is 5.82 Å². The third-order valence-corrected chi connectivity index (χ3v) is 2.93. The van der Waals surface area contributed by atoms with Crippen LogP contribution in [0.3, 0.4) is 0 Å². The number of nitrogens with zero attached hydrogens (tertiary/aromatic N) is 5. The molecule has 0 fully saturated rings. The molecule has 1 aromatic carbocycles. The number of tetrazole rings is 1. The highest BCUT2D eigenvalue weighted by molar-refractivity contribution is 6.34. The molecule has 0 spiro atoms. The highest BCUT2D eigenvalue weighted by atomic mass is 35.5. The van der Waals surface area contributed by atoms with E-state index in [-0.39, 0.29) is 0 Å². The zero-order chi connectivity index (χ0) is 11.8. The van der Waals surface area contributed by atoms with Crippen molar-refractivity contribution in [3.8, 4) is 11.4 Å². The summed E-state index contributed by atoms with van der Waals surface area (Å²) in [5.41, 5.74) is 2.19. The normalized spacial score (nSPS) is 10.9. The summed E-state index contributed by atoms with van der Waals surface area (Å²) < 4.78 is 1.55. The van der Waals surface area contributed by atoms with Crippen LogP contribution in [0.25, 0.3) is 17.0 Å². The molecule has 17 heavy (non-hydrogen) atoms. The second kappa shape index (κ2) is 3.78. The smallest absolute Gasteiger partial charge is 0.202 e. The number of hydrogen-bond donors (Lipinski definition) is 0. The van der Waals surface area contributed by atoms with E-state index < -0.39 is 0 Å². The molecule has 0 atom stereocenters. The first-order valence-corrected chi connectivity index (χ1v) is 5.45. The van der Waals surface area contributed by atoms with Gasteiger partial charge in [-0.25, -0.2) is 4.98 Å². The third-order valence-electron chi connectivity index (χ3n) is 2.49. The zero-order valence-electron chi connectivity index (χ0n) is 9.00. The molecule has 0 aliphatic rings. The maximum atomic E-state index is 6.10. The predicted octanol–water partition coefficient (Wildman–Crippen LogP) is 2.15. The fourth-order valence-electron chi connectivity index (χ4n) is 1.66. The minimum Gasteiger partial charge on any atom is -0.232 e. The SMILES string of the molecule is Cc1nc(-c2ccccc2)n2nnnc2c1Cl. The number of fused-ring (bicyclic) bond motifs is 1. The Balaban J connectivity index is 2.38. The van der Waals surface area contributed by atoms with E-state index in [4.69, 9.17) is 11.6 Å². The van der Waals surface area contributed by atoms with Crippen LogP contribution >= 0.6 is 11.6 Å². The average Bonchev–Trinajstić information content (AvgIpc) is 2.84. The number of aromatic nitrogens is 5. The second-order valence-corrected chi connectivity index (χ2v) is 3.99. The van der Waals surface area contributed by atoms with Crippen molar-refractivity contribution in [1.29, 1.82) is 0 Å². The molecule has 0 saturated carbocycles. The Morgan fingerprint density at radius 3 is 2.71 bits per heavy atom. The first-order valence-electron chi connectivity index (χ1n) is 5.07. The molecule has 84 valence electrons. The summed E-state index contributed by atoms with van der Waals surface area (Å²) >= 11 is 6.10. The quantitative estimate of drug-likeness (QED) is 0.659. The van der Waals surface area contributed by atoms with Crippen LogP contribution < -0.4 is 0 Å². The summed E-state index contributed by atoms with van der Waals surface area (Å²) in [5, 5.41) is 11.9. The van der Waals surface area contributed by atoms with E-state index in [1.807, 2.05) is 37.3 Å². The van der Waals surface area contributed by atoms with Crippen molar-refractivity contribution in [2.75, 3.05) is 0 Å². The highest BCUT2D eigenvalue weighted by Gasteiger charge is 2.13. The molecular formula is C11H8ClN5. The third kappa shape index (κ3) is 1.55. The molecule has 6 heteroatoms. The van der Waals surface area contributed by atoms with Gasteiger partial charge in [0.05, 0.1) is 5.69 Å². The lowest BCUT2D eigenvalue weighted by molar-refractivity contribution is 0.814. The summed E-state index contributed by atoms with van der Waals surface area (Å²) in [4.78, 5) is 4.43. The fourth-order valence-corrected chi connectivity index (χ4v) is 1.82. The number of rotatable bonds is 1. The van der Waals surface area contributed by atoms with E-state index in [2.05, 4.69) is 20.5 Å². The second-order valence-electron chi connectivity index (χ2n) is 3.62. The van der Waals surface area contributed by atoms with Crippen molar-refractivity contribution in [3.05, 3.63) is 41.0 Å². The molecule has 0 radical (unpaired) electrons. The standard InChI is InChI=1S/C11H8ClN5/c1-7-9(12)11-14-15-16-17(11)10(13-7)8-5-3-2-4-6-8/h2-6H,1H3. The minimum absolute atomic E-state index is 0.481. The highest BCUT2D eigenvalue weighted by Crippen LogP contribution is 2.23. The lowest BCUT2D eigenvalue weighted by atomic mass is 10.2. The van der Waals surface area contributed by atoms with Gasteiger partial charge >= 0.3 is 0 Å². The van der Waals surface area contributed by atoms with Gasteiger partial charge in [0, 0.05) is 5.56 Å². The van der Waals surface area contributed by atoms with E-state index in [9.17, 15) is 0 Å². The van der Waals surface area contributed by atoms with E-state index in [1.54, 1.807) is 4.52 Å². The van der Waals surface area contributed by atoms with Crippen LogP contribution in [0.15, 0.2) is 30.3 Å². The zero-order valence-corrected chi connectivity index (χ0v) is 9.76. The largest absolute Gasteiger partial charge is 0.232 e. The van der Waals surface area contributed by atoms with Gasteiger partial charge in [0.2, 0.25) is 5.65 Å². The van der Waals surface area contributed by atoms with Gasteiger partial charge in [0.25, 0.3) is 0 Å². The van der Waals surface area contributed by atoms with E-state index >= 15 is 0 Å². The summed E-state index contributed by atoms with van der Waals surface area (Å²) in [7, 11) is 0. The van der Waals surface area contributed by atoms with Crippen LogP contribution in [0.2, 0.25) is 5.02 Å². The monoisotopic (exact) mass is 245 g/mol. The molecule has 5 nitrogen and oxygen atoms in total. The van der Waals surface area contributed by atoms with Gasteiger partial charge in [-0.05, 0) is 17.4 Å². The number of hydrogen-bond acceptors (Lipinski definition) is 4. The van der Waals surface area contributed by atoms with Crippen LogP contribution in [0.4, 0.5) is 0 Å². The maximum Gasteiger partial charge on any atom is 0.202 e. The summed E-state index contributed by atoms with van der Waals surface area (Å²) in [5.74, 6) is 0.688. The Hall–Kier alpha value is -2.01. The molecule has 2 heterocycles. The predicted molar refractivity (Wildman–Crippen MR) is 63.8 cm³/mol. The molecule has 0 aliphatic heterocycles. The van der Waals surface area contributed by atoms with Crippen LogP contribution in [0.5, 0.6) is 0 Å². The van der Waals surface area contributed by atoms with Crippen LogP contribution in [-0.2, 0) is 0 Å². The molecule has 0 unspecified atom stereocenters. The number of aryl methyl sites for hydroxylation is 1. The topological polar surface area (TPSA) is 56.0 Å². The number of halogens is 1. The molecule has 0 amide bonds. The van der Waals surface area contributed by atoms with E-state index in [1.165, 1.54) is 0 Å². The Morgan fingerprint density at radius 2 is 1.94 bits per heavy atom. The van der Waals surface area contributed by atoms with Crippen LogP contribution in [0.1, 0.15) is 5.69 Å². The van der Waals surface area contributed by atoms with E-state index in [0.717, 1.165) is 5.56 Å². The molecule has 0 saturated heterocycles. The van der Waals surface area contributed by atoms with Gasteiger partial charge in [-0.2, -0.15) is 4.52 Å². The molecule has 0 bridgehead atoms. The first kappa shape index (κ1) is 10.2. The van der Waals surface area contributed by atoms with Crippen LogP contribution in [0, 0.1) is 6.92 Å². The van der Waals surface area contributed by atoms with Crippen LogP contribution in [-0.4, -0.2) is 25.0 Å². The van der Waals surface area contributed by atoms with Gasteiger partial charge in [-0.15, -0.1) is 5.10 Å². The lowest BCUT2D eigenvalue weighted by Crippen LogP contribution is -2.01. The lowest BCUT2D eigenvalue weighted by Gasteiger charge is -2.05. The number of benzene rings is 1. The fraction of sp³-hybridized carbons (Fsp3) is 0.0909. The molecule has 2 aromatic heterocycles. The van der Waals surface area contributed by atoms with Gasteiger partial charge in [-0.3, -0.25) is 0 Å². The van der Waals surface area contributed by atoms with Crippen molar-refractivity contribution in [2.45, 2.75) is 6.92 Å². The first-order chi connectivity index (χ1) is 8.27. The average molecular weight is 246 g/mol. The maximum absolute atomic E-state index is 6.10. The molecule has 0 N–H and O–H groups in total. The summed E-state index contributed by atoms with van der Waals surface area (Å²) in [6, 6.07) is 9.74. The van der Waals surface area contributed by atoms with Gasteiger partial charge in [0.1, 0.15) is 5.02 Å². The Kier molecular flexibility index (Phi) is 2.26. The summed E-state index contributed by atoms with van der Waals surface area (Å²) in [6.45, 7) is 1.84. The minimum atomic E-state index is 0.481. The Morgan fingerprint density at radius 1 is 1.18 bits per heavy atom. The summed E-state index contributed by atoms with van der Waals surface area (Å²) in [6.07, 6.45) is 0. The van der Waals surface area contributed by atoms with Crippen molar-refractivity contribution in [1.82, 2.24) is 25.0 Å². The van der Waals surface area contributed by atoms with Crippen molar-refractivity contribution < 1.29 is 0 Å². The van der Waals surface area contributed by atoms with Gasteiger partial charge in [-0.1, -0.05) is 41.9 Å². The van der Waals surface area contributed by atoms with E-state index in [0.29, 0.717) is 22.2 Å². The Labute approximate surface area is 102 Å². The molecule has 3 rings (SSSR count). The Bertz CT molecular complexity index is 677. The van der Waals surface area contributed by atoms with Crippen molar-refractivity contribution >= 4 is 17.2 Å². The molecule has 3 aromatic rings. The molecular weight excluding hydrogens is 238 g/mol. The molecule has 0 aliphatic carbocycles. The van der Waals surface area contributed by atoms with Crippen molar-refractivity contribution in [2.24, 2.45) is 0 Å². The van der Waals surface area contributed by atoms with Crippen molar-refractivity contribution in [3.63, 3.8) is 0 Å². The van der Waals surface area contributed by atoms with Gasteiger partial charge < -0.3 is 0 Å².